The van der Waals surface area contributed by atoms with Crippen molar-refractivity contribution in [3.8, 4) is 5.69 Å². The lowest BCUT2D eigenvalue weighted by molar-refractivity contribution is 0.262. The summed E-state index contributed by atoms with van der Waals surface area (Å²) < 4.78 is 30.4. The van der Waals surface area contributed by atoms with Crippen LogP contribution < -0.4 is 16.0 Å². The third-order valence-electron chi connectivity index (χ3n) is 7.86. The van der Waals surface area contributed by atoms with Gasteiger partial charge in [0.05, 0.1) is 26.5 Å². The van der Waals surface area contributed by atoms with E-state index in [1.54, 1.807) is 28.9 Å². The second kappa shape index (κ2) is 12.9. The number of piperidine rings is 1. The van der Waals surface area contributed by atoms with E-state index in [1.165, 1.54) is 18.2 Å². The normalized spacial score (nSPS) is 15.1. The van der Waals surface area contributed by atoms with Crippen LogP contribution in [0.5, 0.6) is 0 Å². The molecular formula is C33H37Cl2N5O3S. The van der Waals surface area contributed by atoms with Crippen LogP contribution in [0.25, 0.3) is 5.69 Å². The SMILES string of the molecule is Cc1ccc(-n2nc(C(C)(C)C)cc2NC(=O)Nc2ccccc2C(C2CCNCC2)S(=O)(=O)c2ccc(Cl)cc2Cl)cc1. The average Bonchev–Trinajstić information content (AvgIpc) is 3.39. The van der Waals surface area contributed by atoms with Gasteiger partial charge in [0.25, 0.3) is 0 Å². The molecule has 1 saturated heterocycles. The first-order chi connectivity index (χ1) is 20.8. The number of anilines is 2. The highest BCUT2D eigenvalue weighted by Crippen LogP contribution is 2.44. The van der Waals surface area contributed by atoms with E-state index in [-0.39, 0.29) is 21.3 Å². The fourth-order valence-corrected chi connectivity index (χ4v) is 8.42. The molecule has 232 valence electrons. The van der Waals surface area contributed by atoms with E-state index >= 15 is 0 Å². The molecule has 11 heteroatoms. The fraction of sp³-hybridized carbons (Fsp3) is 0.333. The number of carbonyl (C=O) groups excluding carboxylic acids is 1. The standard InChI is InChI=1S/C33H37Cl2N5O3S/c1-21-9-12-24(13-10-21)40-30(20-29(39-40)33(2,3)4)38-32(41)37-27-8-6-5-7-25(27)31(22-15-17-36-18-16-22)44(42,43)28-14-11-23(34)19-26(28)35/h5-14,19-20,22,31,36H,15-18H2,1-4H3,(H2,37,38,41). The zero-order valence-corrected chi connectivity index (χ0v) is 27.5. The van der Waals surface area contributed by atoms with Crippen LogP contribution in [-0.4, -0.2) is 37.3 Å². The monoisotopic (exact) mass is 653 g/mol. The Morgan fingerprint density at radius 3 is 2.32 bits per heavy atom. The topological polar surface area (TPSA) is 105 Å². The van der Waals surface area contributed by atoms with Gasteiger partial charge in [0.1, 0.15) is 5.82 Å². The summed E-state index contributed by atoms with van der Waals surface area (Å²) >= 11 is 12.5. The Kier molecular flexibility index (Phi) is 9.41. The van der Waals surface area contributed by atoms with Crippen molar-refractivity contribution in [1.29, 1.82) is 0 Å². The van der Waals surface area contributed by atoms with Crippen molar-refractivity contribution in [3.05, 3.63) is 99.7 Å². The number of carbonyl (C=O) groups is 1. The molecule has 1 atom stereocenters. The van der Waals surface area contributed by atoms with Crippen molar-refractivity contribution in [2.24, 2.45) is 5.92 Å². The maximum atomic E-state index is 14.3. The third kappa shape index (κ3) is 6.96. The van der Waals surface area contributed by atoms with Gasteiger partial charge >= 0.3 is 6.03 Å². The van der Waals surface area contributed by atoms with Gasteiger partial charge in [-0.3, -0.25) is 5.32 Å². The van der Waals surface area contributed by atoms with Crippen molar-refractivity contribution in [2.45, 2.75) is 56.1 Å². The Balaban J connectivity index is 1.51. The maximum Gasteiger partial charge on any atom is 0.324 e. The lowest BCUT2D eigenvalue weighted by Gasteiger charge is -2.32. The van der Waals surface area contributed by atoms with Crippen LogP contribution in [0, 0.1) is 12.8 Å². The first-order valence-electron chi connectivity index (χ1n) is 14.6. The maximum absolute atomic E-state index is 14.3. The number of aryl methyl sites for hydroxylation is 1. The van der Waals surface area contributed by atoms with Gasteiger partial charge in [-0.25, -0.2) is 17.9 Å². The molecule has 0 saturated carbocycles. The Labute approximate surface area is 269 Å². The Hall–Kier alpha value is -3.37. The number of aromatic nitrogens is 2. The molecule has 0 aliphatic carbocycles. The minimum Gasteiger partial charge on any atom is -0.317 e. The Morgan fingerprint density at radius 2 is 1.66 bits per heavy atom. The summed E-state index contributed by atoms with van der Waals surface area (Å²) in [6, 6.07) is 20.7. The van der Waals surface area contributed by atoms with Gasteiger partial charge in [0.15, 0.2) is 9.84 Å². The van der Waals surface area contributed by atoms with Gasteiger partial charge < -0.3 is 10.6 Å². The molecule has 2 amide bonds. The predicted molar refractivity (Wildman–Crippen MR) is 178 cm³/mol. The van der Waals surface area contributed by atoms with Crippen LogP contribution in [0.2, 0.25) is 10.0 Å². The summed E-state index contributed by atoms with van der Waals surface area (Å²) in [5.74, 6) is 0.292. The number of urea groups is 1. The zero-order chi connectivity index (χ0) is 31.6. The molecule has 44 heavy (non-hydrogen) atoms. The smallest absolute Gasteiger partial charge is 0.317 e. The summed E-state index contributed by atoms with van der Waals surface area (Å²) in [6.07, 6.45) is 1.31. The van der Waals surface area contributed by atoms with E-state index in [4.69, 9.17) is 28.3 Å². The van der Waals surface area contributed by atoms with E-state index in [0.717, 1.165) is 16.9 Å². The predicted octanol–water partition coefficient (Wildman–Crippen LogP) is 7.94. The number of para-hydroxylation sites is 1. The highest BCUT2D eigenvalue weighted by molar-refractivity contribution is 7.91. The van der Waals surface area contributed by atoms with Crippen molar-refractivity contribution in [2.75, 3.05) is 23.7 Å². The van der Waals surface area contributed by atoms with Gasteiger partial charge in [-0.15, -0.1) is 0 Å². The van der Waals surface area contributed by atoms with E-state index < -0.39 is 21.1 Å². The van der Waals surface area contributed by atoms with Gasteiger partial charge in [-0.2, -0.15) is 5.10 Å². The van der Waals surface area contributed by atoms with E-state index in [0.29, 0.717) is 48.0 Å². The molecule has 8 nitrogen and oxygen atoms in total. The molecule has 1 aromatic heterocycles. The molecule has 0 radical (unpaired) electrons. The first-order valence-corrected chi connectivity index (χ1v) is 16.9. The van der Waals surface area contributed by atoms with Crippen LogP contribution in [0.3, 0.4) is 0 Å². The Bertz CT molecular complexity index is 1760. The summed E-state index contributed by atoms with van der Waals surface area (Å²) in [4.78, 5) is 13.6. The van der Waals surface area contributed by atoms with Crippen molar-refractivity contribution >= 4 is 50.6 Å². The van der Waals surface area contributed by atoms with Gasteiger partial charge in [0.2, 0.25) is 0 Å². The number of hydrogen-bond acceptors (Lipinski definition) is 5. The second-order valence-corrected chi connectivity index (χ2v) is 15.1. The number of halogens is 2. The van der Waals surface area contributed by atoms with Crippen molar-refractivity contribution in [3.63, 3.8) is 0 Å². The van der Waals surface area contributed by atoms with Crippen LogP contribution in [-0.2, 0) is 15.3 Å². The first kappa shape index (κ1) is 32.0. The number of hydrogen-bond donors (Lipinski definition) is 3. The number of benzene rings is 3. The number of rotatable bonds is 7. The van der Waals surface area contributed by atoms with Crippen LogP contribution >= 0.6 is 23.2 Å². The second-order valence-electron chi connectivity index (χ2n) is 12.2. The highest BCUT2D eigenvalue weighted by Gasteiger charge is 2.39. The van der Waals surface area contributed by atoms with E-state index in [2.05, 4.69) is 36.7 Å². The van der Waals surface area contributed by atoms with Gasteiger partial charge in [-0.1, -0.05) is 79.9 Å². The minimum absolute atomic E-state index is 0.0167. The molecule has 1 unspecified atom stereocenters. The summed E-state index contributed by atoms with van der Waals surface area (Å²) in [6.45, 7) is 9.58. The van der Waals surface area contributed by atoms with E-state index in [9.17, 15) is 13.2 Å². The summed E-state index contributed by atoms with van der Waals surface area (Å²) in [5.41, 5.74) is 3.38. The molecule has 4 aromatic rings. The number of nitrogens with zero attached hydrogens (tertiary/aromatic N) is 2. The largest absolute Gasteiger partial charge is 0.324 e. The number of nitrogens with one attached hydrogen (secondary N) is 3. The lowest BCUT2D eigenvalue weighted by Crippen LogP contribution is -2.34. The molecule has 2 heterocycles. The average molecular weight is 655 g/mol. The molecule has 3 aromatic carbocycles. The molecule has 1 fully saturated rings. The quantitative estimate of drug-likeness (QED) is 0.188. The van der Waals surface area contributed by atoms with Crippen LogP contribution in [0.1, 0.15) is 55.7 Å². The molecule has 0 spiro atoms. The number of amides is 2. The third-order valence-corrected chi connectivity index (χ3v) is 10.8. The zero-order valence-electron chi connectivity index (χ0n) is 25.2. The summed E-state index contributed by atoms with van der Waals surface area (Å²) in [7, 11) is -3.98. The van der Waals surface area contributed by atoms with Crippen LogP contribution in [0.4, 0.5) is 16.3 Å². The molecule has 5 rings (SSSR count). The molecule has 0 bridgehead atoms. The molecule has 3 N–H and O–H groups in total. The highest BCUT2D eigenvalue weighted by atomic mass is 35.5. The van der Waals surface area contributed by atoms with Crippen molar-refractivity contribution in [1.82, 2.24) is 15.1 Å². The molecule has 1 aliphatic rings. The molecular weight excluding hydrogens is 617 g/mol. The molecule has 1 aliphatic heterocycles. The fourth-order valence-electron chi connectivity index (χ4n) is 5.51. The number of sulfone groups is 1. The van der Waals surface area contributed by atoms with Gasteiger partial charge in [0, 0.05) is 22.2 Å². The lowest BCUT2D eigenvalue weighted by atomic mass is 9.89. The summed E-state index contributed by atoms with van der Waals surface area (Å²) in [5, 5.41) is 13.5. The van der Waals surface area contributed by atoms with E-state index in [1.807, 2.05) is 37.3 Å². The van der Waals surface area contributed by atoms with Gasteiger partial charge in [-0.05, 0) is 80.7 Å². The van der Waals surface area contributed by atoms with Crippen molar-refractivity contribution < 1.29 is 13.2 Å². The van der Waals surface area contributed by atoms with Crippen LogP contribution in [0.15, 0.2) is 77.7 Å². The Morgan fingerprint density at radius 1 is 0.977 bits per heavy atom. The minimum atomic E-state index is -3.98.